The zero-order valence-corrected chi connectivity index (χ0v) is 13.5. The van der Waals surface area contributed by atoms with Crippen molar-refractivity contribution >= 4 is 27.5 Å². The first kappa shape index (κ1) is 15.5. The Labute approximate surface area is 125 Å². The van der Waals surface area contributed by atoms with Crippen LogP contribution in [0.15, 0.2) is 9.59 Å². The van der Waals surface area contributed by atoms with E-state index in [1.165, 1.54) is 0 Å². The van der Waals surface area contributed by atoms with Gasteiger partial charge in [-0.15, -0.1) is 11.3 Å². The monoisotopic (exact) mass is 310 g/mol. The van der Waals surface area contributed by atoms with Crippen molar-refractivity contribution in [1.29, 1.82) is 0 Å². The number of hydrogen-bond donors (Lipinski definition) is 1. The Morgan fingerprint density at radius 2 is 1.95 bits per heavy atom. The van der Waals surface area contributed by atoms with Crippen LogP contribution in [0.25, 0.3) is 10.2 Å². The minimum absolute atomic E-state index is 0.279. The fraction of sp³-hybridized carbons (Fsp3) is 0.500. The Kier molecular flexibility index (Phi) is 3.79. The normalized spacial score (nSPS) is 11.9. The summed E-state index contributed by atoms with van der Waals surface area (Å²) < 4.78 is 6.44. The molecule has 0 amide bonds. The van der Waals surface area contributed by atoms with Gasteiger partial charge >= 0.3 is 11.7 Å². The van der Waals surface area contributed by atoms with Gasteiger partial charge in [-0.2, -0.15) is 0 Å². The summed E-state index contributed by atoms with van der Waals surface area (Å²) in [5.41, 5.74) is -0.906. The van der Waals surface area contributed by atoms with Crippen molar-refractivity contribution in [2.45, 2.75) is 46.8 Å². The van der Waals surface area contributed by atoms with Crippen molar-refractivity contribution in [2.75, 3.05) is 0 Å². The van der Waals surface area contributed by atoms with Crippen LogP contribution >= 0.6 is 11.3 Å². The van der Waals surface area contributed by atoms with Gasteiger partial charge in [0.15, 0.2) is 0 Å². The summed E-state index contributed by atoms with van der Waals surface area (Å²) in [6.45, 7) is 9.02. The Morgan fingerprint density at radius 3 is 2.48 bits per heavy atom. The number of aryl methyl sites for hydroxylation is 1. The highest BCUT2D eigenvalue weighted by Crippen LogP contribution is 2.28. The van der Waals surface area contributed by atoms with Gasteiger partial charge in [-0.3, -0.25) is 14.3 Å². The van der Waals surface area contributed by atoms with Crippen molar-refractivity contribution in [1.82, 2.24) is 9.55 Å². The molecular weight excluding hydrogens is 292 g/mol. The molecule has 0 saturated heterocycles. The smallest absolute Gasteiger partial charge is 0.349 e. The van der Waals surface area contributed by atoms with E-state index in [4.69, 9.17) is 4.74 Å². The summed E-state index contributed by atoms with van der Waals surface area (Å²) in [7, 11) is 0. The molecule has 0 aliphatic heterocycles. The molecule has 0 aromatic carbocycles. The lowest BCUT2D eigenvalue weighted by Gasteiger charge is -2.19. The van der Waals surface area contributed by atoms with Crippen LogP contribution in [0.5, 0.6) is 0 Å². The van der Waals surface area contributed by atoms with Gasteiger partial charge in [0, 0.05) is 6.54 Å². The van der Waals surface area contributed by atoms with Gasteiger partial charge < -0.3 is 4.74 Å². The molecule has 114 valence electrons. The maximum Gasteiger partial charge on any atom is 0.349 e. The molecular formula is C14H18N2O4S. The summed E-state index contributed by atoms with van der Waals surface area (Å²) in [4.78, 5) is 39.7. The number of aromatic amines is 1. The molecule has 0 bridgehead atoms. The number of aromatic nitrogens is 2. The van der Waals surface area contributed by atoms with E-state index in [1.807, 2.05) is 0 Å². The van der Waals surface area contributed by atoms with Crippen LogP contribution in [0.2, 0.25) is 0 Å². The number of hydrogen-bond acceptors (Lipinski definition) is 5. The van der Waals surface area contributed by atoms with E-state index in [0.717, 1.165) is 15.9 Å². The summed E-state index contributed by atoms with van der Waals surface area (Å²) in [5, 5.41) is 0.377. The maximum absolute atomic E-state index is 12.3. The fourth-order valence-electron chi connectivity index (χ4n) is 2.06. The van der Waals surface area contributed by atoms with Crippen LogP contribution in [0.1, 0.15) is 42.9 Å². The highest BCUT2D eigenvalue weighted by Gasteiger charge is 2.24. The lowest BCUT2D eigenvalue weighted by molar-refractivity contribution is 0.00746. The SMILES string of the molecule is CCn1c(=O)[nH]c2sc(C(=O)OC(C)(C)C)c(C)c2c1=O. The Bertz CT molecular complexity index is 820. The van der Waals surface area contributed by atoms with Crippen molar-refractivity contribution in [3.8, 4) is 0 Å². The van der Waals surface area contributed by atoms with Crippen molar-refractivity contribution in [3.63, 3.8) is 0 Å². The molecule has 2 aromatic heterocycles. The lowest BCUT2D eigenvalue weighted by atomic mass is 10.2. The van der Waals surface area contributed by atoms with Gasteiger partial charge in [0.1, 0.15) is 15.3 Å². The summed E-state index contributed by atoms with van der Waals surface area (Å²) >= 11 is 1.08. The van der Waals surface area contributed by atoms with Gasteiger partial charge in [0.25, 0.3) is 5.56 Å². The predicted octanol–water partition coefficient (Wildman–Crippen LogP) is 2.03. The number of esters is 1. The first-order valence-corrected chi connectivity index (χ1v) is 7.47. The molecule has 2 aromatic rings. The van der Waals surface area contributed by atoms with Crippen LogP contribution < -0.4 is 11.2 Å². The topological polar surface area (TPSA) is 81.2 Å². The summed E-state index contributed by atoms with van der Waals surface area (Å²) in [6.07, 6.45) is 0. The average molecular weight is 310 g/mol. The molecule has 0 unspecified atom stereocenters. The molecule has 2 heterocycles. The predicted molar refractivity (Wildman–Crippen MR) is 82.3 cm³/mol. The molecule has 0 radical (unpaired) electrons. The molecule has 0 aliphatic rings. The van der Waals surface area contributed by atoms with E-state index in [1.54, 1.807) is 34.6 Å². The van der Waals surface area contributed by atoms with E-state index < -0.39 is 17.3 Å². The molecule has 0 spiro atoms. The Balaban J connectivity index is 2.68. The largest absolute Gasteiger partial charge is 0.456 e. The highest BCUT2D eigenvalue weighted by atomic mass is 32.1. The van der Waals surface area contributed by atoms with Crippen LogP contribution in [0.4, 0.5) is 0 Å². The zero-order valence-electron chi connectivity index (χ0n) is 12.7. The van der Waals surface area contributed by atoms with Crippen LogP contribution in [-0.4, -0.2) is 21.1 Å². The number of nitrogens with one attached hydrogen (secondary N) is 1. The molecule has 0 atom stereocenters. The van der Waals surface area contributed by atoms with Crippen LogP contribution in [0.3, 0.4) is 0 Å². The number of H-pyrrole nitrogens is 1. The number of carbonyl (C=O) groups is 1. The third-order valence-corrected chi connectivity index (χ3v) is 4.16. The number of ether oxygens (including phenoxy) is 1. The number of carbonyl (C=O) groups excluding carboxylic acids is 1. The number of rotatable bonds is 2. The molecule has 21 heavy (non-hydrogen) atoms. The minimum Gasteiger partial charge on any atom is -0.456 e. The standard InChI is InChI=1S/C14H18N2O4S/c1-6-16-11(17)8-7(2)9(12(18)20-14(3,4)5)21-10(8)15-13(16)19/h6H2,1-5H3,(H,15,19). The second-order valence-corrected chi connectivity index (χ2v) is 6.76. The number of thiophene rings is 1. The van der Waals surface area contributed by atoms with Gasteiger partial charge in [-0.05, 0) is 40.2 Å². The van der Waals surface area contributed by atoms with Gasteiger partial charge in [-0.1, -0.05) is 0 Å². The van der Waals surface area contributed by atoms with Crippen molar-refractivity contribution in [3.05, 3.63) is 31.3 Å². The van der Waals surface area contributed by atoms with E-state index in [0.29, 0.717) is 20.7 Å². The molecule has 1 N–H and O–H groups in total. The average Bonchev–Trinajstić information content (AvgIpc) is 2.65. The van der Waals surface area contributed by atoms with Gasteiger partial charge in [-0.25, -0.2) is 9.59 Å². The Morgan fingerprint density at radius 1 is 1.33 bits per heavy atom. The van der Waals surface area contributed by atoms with E-state index >= 15 is 0 Å². The number of nitrogens with zero attached hydrogens (tertiary/aromatic N) is 1. The molecule has 0 fully saturated rings. The van der Waals surface area contributed by atoms with E-state index in [2.05, 4.69) is 4.98 Å². The summed E-state index contributed by atoms with van der Waals surface area (Å²) in [5.74, 6) is -0.482. The van der Waals surface area contributed by atoms with Crippen molar-refractivity contribution in [2.24, 2.45) is 0 Å². The molecule has 0 saturated carbocycles. The van der Waals surface area contributed by atoms with E-state index in [9.17, 15) is 14.4 Å². The first-order valence-electron chi connectivity index (χ1n) is 6.65. The second-order valence-electron chi connectivity index (χ2n) is 5.74. The highest BCUT2D eigenvalue weighted by molar-refractivity contribution is 7.20. The third kappa shape index (κ3) is 2.78. The minimum atomic E-state index is -0.614. The van der Waals surface area contributed by atoms with Crippen LogP contribution in [-0.2, 0) is 11.3 Å². The molecule has 7 heteroatoms. The van der Waals surface area contributed by atoms with Crippen molar-refractivity contribution < 1.29 is 9.53 Å². The second kappa shape index (κ2) is 5.14. The maximum atomic E-state index is 12.3. The van der Waals surface area contributed by atoms with E-state index in [-0.39, 0.29) is 12.1 Å². The summed E-state index contributed by atoms with van der Waals surface area (Å²) in [6, 6.07) is 0. The van der Waals surface area contributed by atoms with Gasteiger partial charge in [0.05, 0.1) is 5.39 Å². The fourth-order valence-corrected chi connectivity index (χ4v) is 3.12. The third-order valence-electron chi connectivity index (χ3n) is 2.97. The molecule has 0 aliphatic carbocycles. The molecule has 2 rings (SSSR count). The van der Waals surface area contributed by atoms with Gasteiger partial charge in [0.2, 0.25) is 0 Å². The lowest BCUT2D eigenvalue weighted by Crippen LogP contribution is -2.34. The van der Waals surface area contributed by atoms with Crippen LogP contribution in [0, 0.1) is 6.92 Å². The zero-order chi connectivity index (χ0) is 15.9. The number of fused-ring (bicyclic) bond motifs is 1. The first-order chi connectivity index (χ1) is 9.65. The molecule has 6 nitrogen and oxygen atoms in total. The quantitative estimate of drug-likeness (QED) is 0.861. The Hall–Kier alpha value is -1.89.